The van der Waals surface area contributed by atoms with Gasteiger partial charge in [0.15, 0.2) is 0 Å². The third kappa shape index (κ3) is 3.95. The molecule has 0 aliphatic rings. The number of allylic oxidation sites excluding steroid dienone is 1. The number of carbonyl (C=O) groups excluding carboxylic acids is 1. The van der Waals surface area contributed by atoms with Gasteiger partial charge in [0.25, 0.3) is 0 Å². The molecule has 3 nitrogen and oxygen atoms in total. The second-order valence-corrected chi connectivity index (χ2v) is 1.82. The summed E-state index contributed by atoms with van der Waals surface area (Å²) in [7, 11) is 2.89. The molecular formula is C7H12O3. The Morgan fingerprint density at radius 2 is 1.90 bits per heavy atom. The third-order valence-corrected chi connectivity index (χ3v) is 1.12. The predicted molar refractivity (Wildman–Crippen MR) is 37.4 cm³/mol. The molecule has 0 aliphatic heterocycles. The van der Waals surface area contributed by atoms with Crippen molar-refractivity contribution in [1.82, 2.24) is 0 Å². The summed E-state index contributed by atoms with van der Waals surface area (Å²) in [5.74, 6) is 0.364. The second-order valence-electron chi connectivity index (χ2n) is 1.82. The van der Waals surface area contributed by atoms with Crippen molar-refractivity contribution in [2.24, 2.45) is 0 Å². The molecule has 0 amide bonds. The lowest BCUT2D eigenvalue weighted by atomic mass is 10.3. The fraction of sp³-hybridized carbons (Fsp3) is 0.571. The molecule has 0 aromatic carbocycles. The first kappa shape index (κ1) is 9.01. The van der Waals surface area contributed by atoms with Gasteiger partial charge in [0.2, 0.25) is 0 Å². The minimum atomic E-state index is -0.238. The Labute approximate surface area is 60.6 Å². The van der Waals surface area contributed by atoms with E-state index in [2.05, 4.69) is 11.3 Å². The average molecular weight is 144 g/mol. The van der Waals surface area contributed by atoms with E-state index in [9.17, 15) is 4.79 Å². The van der Waals surface area contributed by atoms with Crippen LogP contribution in [-0.4, -0.2) is 20.2 Å². The van der Waals surface area contributed by atoms with E-state index in [4.69, 9.17) is 4.74 Å². The Bertz CT molecular complexity index is 113. The van der Waals surface area contributed by atoms with Gasteiger partial charge in [0.05, 0.1) is 26.4 Å². The monoisotopic (exact) mass is 144 g/mol. The van der Waals surface area contributed by atoms with Gasteiger partial charge in [-0.05, 0) is 0 Å². The summed E-state index contributed by atoms with van der Waals surface area (Å²) in [4.78, 5) is 10.5. The highest BCUT2D eigenvalue weighted by atomic mass is 16.5. The van der Waals surface area contributed by atoms with Crippen LogP contribution in [-0.2, 0) is 14.3 Å². The Balaban J connectivity index is 3.35. The van der Waals surface area contributed by atoms with Crippen LogP contribution in [0.1, 0.15) is 12.8 Å². The highest BCUT2D eigenvalue weighted by molar-refractivity contribution is 5.69. The first-order valence-electron chi connectivity index (χ1n) is 2.99. The first-order valence-corrected chi connectivity index (χ1v) is 2.99. The molecule has 0 fully saturated rings. The van der Waals surface area contributed by atoms with Gasteiger partial charge in [0, 0.05) is 6.42 Å². The van der Waals surface area contributed by atoms with Crippen LogP contribution in [0.5, 0.6) is 0 Å². The fourth-order valence-electron chi connectivity index (χ4n) is 0.446. The van der Waals surface area contributed by atoms with Gasteiger partial charge in [-0.1, -0.05) is 6.58 Å². The van der Waals surface area contributed by atoms with Crippen LogP contribution in [0, 0.1) is 0 Å². The molecule has 58 valence electrons. The first-order chi connectivity index (χ1) is 4.70. The molecule has 0 heterocycles. The van der Waals surface area contributed by atoms with Crippen molar-refractivity contribution in [1.29, 1.82) is 0 Å². The molecule has 0 bridgehead atoms. The van der Waals surface area contributed by atoms with Crippen LogP contribution in [0.25, 0.3) is 0 Å². The number of methoxy groups -OCH3 is 2. The summed E-state index contributed by atoms with van der Waals surface area (Å²) in [6, 6.07) is 0. The lowest BCUT2D eigenvalue weighted by molar-refractivity contribution is -0.140. The molecule has 0 spiro atoms. The summed E-state index contributed by atoms with van der Waals surface area (Å²) in [5.41, 5.74) is 0. The maximum atomic E-state index is 10.5. The molecule has 0 aliphatic carbocycles. The Morgan fingerprint density at radius 3 is 2.30 bits per heavy atom. The quantitative estimate of drug-likeness (QED) is 0.438. The molecule has 0 unspecified atom stereocenters. The molecule has 0 rings (SSSR count). The number of hydrogen-bond donors (Lipinski definition) is 0. The van der Waals surface area contributed by atoms with Gasteiger partial charge in [-0.25, -0.2) is 0 Å². The number of esters is 1. The zero-order valence-electron chi connectivity index (χ0n) is 6.35. The smallest absolute Gasteiger partial charge is 0.305 e. The van der Waals surface area contributed by atoms with E-state index in [1.807, 2.05) is 0 Å². The minimum absolute atomic E-state index is 0.238. The molecule has 10 heavy (non-hydrogen) atoms. The number of ether oxygens (including phenoxy) is 2. The maximum Gasteiger partial charge on any atom is 0.305 e. The molecule has 0 aromatic heterocycles. The van der Waals surface area contributed by atoms with Gasteiger partial charge in [0.1, 0.15) is 0 Å². The Hall–Kier alpha value is -0.990. The van der Waals surface area contributed by atoms with Crippen LogP contribution in [0.2, 0.25) is 0 Å². The van der Waals surface area contributed by atoms with E-state index >= 15 is 0 Å². The van der Waals surface area contributed by atoms with E-state index in [1.54, 1.807) is 0 Å². The predicted octanol–water partition coefficient (Wildman–Crippen LogP) is 1.10. The van der Waals surface area contributed by atoms with Crippen molar-refractivity contribution in [3.8, 4) is 0 Å². The van der Waals surface area contributed by atoms with Gasteiger partial charge in [-0.15, -0.1) is 0 Å². The standard InChI is InChI=1S/C7H12O3/c1-6(9-2)4-5-7(8)10-3/h1,4-5H2,2-3H3. The summed E-state index contributed by atoms with van der Waals surface area (Å²) >= 11 is 0. The highest BCUT2D eigenvalue weighted by Crippen LogP contribution is 2.02. The van der Waals surface area contributed by atoms with Crippen molar-refractivity contribution in [3.63, 3.8) is 0 Å². The third-order valence-electron chi connectivity index (χ3n) is 1.12. The number of rotatable bonds is 4. The molecule has 0 N–H and O–H groups in total. The van der Waals surface area contributed by atoms with Crippen molar-refractivity contribution in [2.45, 2.75) is 12.8 Å². The lowest BCUT2D eigenvalue weighted by Gasteiger charge is -2.01. The zero-order valence-corrected chi connectivity index (χ0v) is 6.35. The van der Waals surface area contributed by atoms with Crippen LogP contribution >= 0.6 is 0 Å². The fourth-order valence-corrected chi connectivity index (χ4v) is 0.446. The Morgan fingerprint density at radius 1 is 1.30 bits per heavy atom. The zero-order chi connectivity index (χ0) is 7.98. The van der Waals surface area contributed by atoms with Gasteiger partial charge < -0.3 is 9.47 Å². The lowest BCUT2D eigenvalue weighted by Crippen LogP contribution is -2.00. The average Bonchev–Trinajstić information content (AvgIpc) is 1.99. The second kappa shape index (κ2) is 4.85. The van der Waals surface area contributed by atoms with Gasteiger partial charge in [-0.2, -0.15) is 0 Å². The molecule has 0 aromatic rings. The SMILES string of the molecule is C=C(CCC(=O)OC)OC. The summed E-state index contributed by atoms with van der Waals surface area (Å²) in [6.07, 6.45) is 0.867. The minimum Gasteiger partial charge on any atom is -0.502 e. The number of carbonyl (C=O) groups is 1. The van der Waals surface area contributed by atoms with Crippen molar-refractivity contribution >= 4 is 5.97 Å². The van der Waals surface area contributed by atoms with Crippen LogP contribution in [0.3, 0.4) is 0 Å². The molecule has 0 radical (unpaired) electrons. The van der Waals surface area contributed by atoms with Crippen LogP contribution in [0.4, 0.5) is 0 Å². The molecular weight excluding hydrogens is 132 g/mol. The normalized spacial score (nSPS) is 8.60. The van der Waals surface area contributed by atoms with E-state index < -0.39 is 0 Å². The topological polar surface area (TPSA) is 35.5 Å². The van der Waals surface area contributed by atoms with E-state index in [0.29, 0.717) is 18.6 Å². The van der Waals surface area contributed by atoms with E-state index in [1.165, 1.54) is 14.2 Å². The van der Waals surface area contributed by atoms with E-state index in [-0.39, 0.29) is 5.97 Å². The molecule has 0 saturated carbocycles. The molecule has 3 heteroatoms. The van der Waals surface area contributed by atoms with Gasteiger partial charge in [-0.3, -0.25) is 4.79 Å². The highest BCUT2D eigenvalue weighted by Gasteiger charge is 2.00. The largest absolute Gasteiger partial charge is 0.502 e. The van der Waals surface area contributed by atoms with E-state index in [0.717, 1.165) is 0 Å². The van der Waals surface area contributed by atoms with Gasteiger partial charge >= 0.3 is 5.97 Å². The van der Waals surface area contributed by atoms with Crippen LogP contribution < -0.4 is 0 Å². The van der Waals surface area contributed by atoms with Crippen molar-refractivity contribution < 1.29 is 14.3 Å². The van der Waals surface area contributed by atoms with Crippen molar-refractivity contribution in [3.05, 3.63) is 12.3 Å². The van der Waals surface area contributed by atoms with Crippen molar-refractivity contribution in [2.75, 3.05) is 14.2 Å². The summed E-state index contributed by atoms with van der Waals surface area (Å²) in [5, 5.41) is 0. The summed E-state index contributed by atoms with van der Waals surface area (Å²) in [6.45, 7) is 3.55. The maximum absolute atomic E-state index is 10.5. The molecule has 0 saturated heterocycles. The molecule has 0 atom stereocenters. The summed E-state index contributed by atoms with van der Waals surface area (Å²) < 4.78 is 9.15. The number of hydrogen-bond acceptors (Lipinski definition) is 3. The van der Waals surface area contributed by atoms with Crippen LogP contribution in [0.15, 0.2) is 12.3 Å². The Kier molecular flexibility index (Phi) is 4.37.